The number of benzene rings is 4. The highest BCUT2D eigenvalue weighted by Gasteiger charge is 2.57. The molecule has 6 rings (SSSR count). The van der Waals surface area contributed by atoms with E-state index in [0.29, 0.717) is 28.2 Å². The van der Waals surface area contributed by atoms with E-state index in [-0.39, 0.29) is 4.90 Å². The smallest absolute Gasteiger partial charge is 0.330 e. The van der Waals surface area contributed by atoms with E-state index in [1.807, 2.05) is 54.6 Å². The maximum Gasteiger partial charge on any atom is 0.330 e. The molecular weight excluding hydrogens is 692 g/mol. The number of aromatic nitrogens is 2. The second kappa shape index (κ2) is 14.9. The van der Waals surface area contributed by atoms with Crippen LogP contribution < -0.4 is 20.7 Å². The number of H-pyrrole nitrogens is 1. The molecule has 13 nitrogen and oxygen atoms in total. The molecule has 0 radical (unpaired) electrons. The summed E-state index contributed by atoms with van der Waals surface area (Å²) in [4.78, 5) is 26.7. The zero-order chi connectivity index (χ0) is 37.1. The first-order chi connectivity index (χ1) is 24.9. The average Bonchev–Trinajstić information content (AvgIpc) is 3.41. The van der Waals surface area contributed by atoms with Gasteiger partial charge < -0.3 is 29.2 Å². The minimum atomic E-state index is -4.44. The Balaban J connectivity index is 1.49. The van der Waals surface area contributed by atoms with Gasteiger partial charge in [0.15, 0.2) is 6.23 Å². The number of hydrogen-bond acceptors (Lipinski definition) is 11. The first-order valence-corrected chi connectivity index (χ1v) is 17.6. The standard InChI is InChI=1S/C38H38N2O11S/c1-25-9-19-31(20-10-25)52(45,46)50-24-37(34(43)33(42)35(51-37)40-22-21-32(41)39-36(40)44)23-49-38(26-7-5-4-6-8-26,27-11-15-29(47-2)16-12-27)28-13-17-30(48-3)18-14-28/h4-22,33-35,42-43H,23-24H2,1-3H3,(H,39,41,44)/t33-,34+,35-,37+/m1/s1. The number of aliphatic hydroxyl groups excluding tert-OH is 2. The SMILES string of the molecule is COc1ccc(C(OC[C@@]2(COS(=O)(=O)c3ccc(C)cc3)O[C@@H](n3ccc(=O)[nH]c3=O)[C@H](O)[C@@H]2O)(c2ccccc2)c2ccc(OC)cc2)cc1. The van der Waals surface area contributed by atoms with Crippen molar-refractivity contribution in [2.24, 2.45) is 0 Å². The van der Waals surface area contributed by atoms with Crippen LogP contribution in [0.25, 0.3) is 0 Å². The highest BCUT2D eigenvalue weighted by atomic mass is 32.2. The molecule has 3 N–H and O–H groups in total. The largest absolute Gasteiger partial charge is 0.497 e. The number of aliphatic hydroxyl groups is 2. The van der Waals surface area contributed by atoms with Gasteiger partial charge in [0.1, 0.15) is 41.5 Å². The van der Waals surface area contributed by atoms with Crippen LogP contribution in [0.4, 0.5) is 0 Å². The summed E-state index contributed by atoms with van der Waals surface area (Å²) in [5.41, 5.74) is -2.48. The third-order valence-corrected chi connectivity index (χ3v) is 10.4. The van der Waals surface area contributed by atoms with Crippen molar-refractivity contribution in [2.45, 2.75) is 41.5 Å². The normalized spacial score (nSPS) is 20.4. The van der Waals surface area contributed by atoms with Gasteiger partial charge in [0.2, 0.25) is 0 Å². The molecule has 5 aromatic rings. The van der Waals surface area contributed by atoms with Gasteiger partial charge in [-0.25, -0.2) is 4.79 Å². The summed E-state index contributed by atoms with van der Waals surface area (Å²) in [6.45, 7) is 0.375. The molecule has 0 aliphatic carbocycles. The van der Waals surface area contributed by atoms with Crippen molar-refractivity contribution in [1.82, 2.24) is 9.55 Å². The maximum atomic E-state index is 13.5. The Morgan fingerprint density at radius 3 is 1.88 bits per heavy atom. The third kappa shape index (κ3) is 7.04. The Morgan fingerprint density at radius 2 is 1.35 bits per heavy atom. The van der Waals surface area contributed by atoms with Crippen LogP contribution in [-0.2, 0) is 29.4 Å². The summed E-state index contributed by atoms with van der Waals surface area (Å²) in [5, 5.41) is 23.2. The Kier molecular flexibility index (Phi) is 10.5. The van der Waals surface area contributed by atoms with Crippen LogP contribution in [-0.4, -0.2) is 73.4 Å². The molecule has 0 saturated carbocycles. The van der Waals surface area contributed by atoms with Gasteiger partial charge in [-0.2, -0.15) is 8.42 Å². The van der Waals surface area contributed by atoms with E-state index in [2.05, 4.69) is 4.98 Å². The number of rotatable bonds is 13. The fourth-order valence-electron chi connectivity index (χ4n) is 6.23. The summed E-state index contributed by atoms with van der Waals surface area (Å²) in [5.74, 6) is 1.16. The molecule has 272 valence electrons. The Labute approximate surface area is 299 Å². The maximum absolute atomic E-state index is 13.5. The van der Waals surface area contributed by atoms with Crippen molar-refractivity contribution in [2.75, 3.05) is 27.4 Å². The molecule has 1 saturated heterocycles. The molecule has 0 spiro atoms. The van der Waals surface area contributed by atoms with Crippen molar-refractivity contribution in [3.63, 3.8) is 0 Å². The van der Waals surface area contributed by atoms with Crippen LogP contribution in [0, 0.1) is 6.92 Å². The van der Waals surface area contributed by atoms with E-state index in [1.165, 1.54) is 12.1 Å². The molecule has 14 heteroatoms. The Hall–Kier alpha value is -5.09. The minimum Gasteiger partial charge on any atom is -0.497 e. The van der Waals surface area contributed by atoms with E-state index >= 15 is 0 Å². The molecule has 4 aromatic carbocycles. The molecule has 2 heterocycles. The molecule has 1 aliphatic heterocycles. The van der Waals surface area contributed by atoms with Gasteiger partial charge in [0, 0.05) is 12.3 Å². The van der Waals surface area contributed by atoms with Crippen molar-refractivity contribution < 1.29 is 41.8 Å². The predicted molar refractivity (Wildman–Crippen MR) is 189 cm³/mol. The van der Waals surface area contributed by atoms with Crippen LogP contribution in [0.15, 0.2) is 130 Å². The van der Waals surface area contributed by atoms with Gasteiger partial charge in [-0.1, -0.05) is 72.3 Å². The van der Waals surface area contributed by atoms with E-state index in [1.54, 1.807) is 57.5 Å². The molecule has 1 aromatic heterocycles. The third-order valence-electron chi connectivity index (χ3n) is 9.11. The molecule has 0 bridgehead atoms. The molecule has 1 fully saturated rings. The van der Waals surface area contributed by atoms with Crippen molar-refractivity contribution >= 4 is 10.1 Å². The van der Waals surface area contributed by atoms with E-state index in [0.717, 1.165) is 22.4 Å². The molecular formula is C38H38N2O11S. The van der Waals surface area contributed by atoms with E-state index in [4.69, 9.17) is 23.1 Å². The minimum absolute atomic E-state index is 0.147. The molecule has 52 heavy (non-hydrogen) atoms. The molecule has 0 unspecified atom stereocenters. The van der Waals surface area contributed by atoms with Gasteiger partial charge in [0.25, 0.3) is 15.7 Å². The highest BCUT2D eigenvalue weighted by molar-refractivity contribution is 7.86. The lowest BCUT2D eigenvalue weighted by Crippen LogP contribution is -2.53. The molecule has 4 atom stereocenters. The number of methoxy groups -OCH3 is 2. The van der Waals surface area contributed by atoms with Crippen molar-refractivity contribution in [1.29, 1.82) is 0 Å². The van der Waals surface area contributed by atoms with Gasteiger partial charge in [-0.05, 0) is 60.0 Å². The van der Waals surface area contributed by atoms with Crippen molar-refractivity contribution in [3.8, 4) is 11.5 Å². The zero-order valence-electron chi connectivity index (χ0n) is 28.5. The van der Waals surface area contributed by atoms with Crippen LogP contribution in [0.1, 0.15) is 28.5 Å². The molecule has 1 aliphatic rings. The lowest BCUT2D eigenvalue weighted by Gasteiger charge is -2.40. The lowest BCUT2D eigenvalue weighted by atomic mass is 9.79. The zero-order valence-corrected chi connectivity index (χ0v) is 29.4. The first kappa shape index (κ1) is 36.7. The second-order valence-corrected chi connectivity index (χ2v) is 14.0. The fourth-order valence-corrected chi connectivity index (χ4v) is 7.19. The number of hydrogen-bond donors (Lipinski definition) is 3. The summed E-state index contributed by atoms with van der Waals surface area (Å²) < 4.78 is 57.5. The van der Waals surface area contributed by atoms with Crippen LogP contribution in [0.2, 0.25) is 0 Å². The van der Waals surface area contributed by atoms with Crippen molar-refractivity contribution in [3.05, 3.63) is 158 Å². The Morgan fingerprint density at radius 1 is 0.788 bits per heavy atom. The first-order valence-electron chi connectivity index (χ1n) is 16.2. The summed E-state index contributed by atoms with van der Waals surface area (Å²) in [7, 11) is -1.35. The number of ether oxygens (including phenoxy) is 4. The monoisotopic (exact) mass is 730 g/mol. The van der Waals surface area contributed by atoms with E-state index in [9.17, 15) is 28.2 Å². The summed E-state index contributed by atoms with van der Waals surface area (Å²) in [6, 6.07) is 30.5. The number of aryl methyl sites for hydroxylation is 1. The Bertz CT molecular complexity index is 2160. The van der Waals surface area contributed by atoms with Gasteiger partial charge in [-0.3, -0.25) is 18.5 Å². The van der Waals surface area contributed by atoms with Gasteiger partial charge >= 0.3 is 5.69 Å². The van der Waals surface area contributed by atoms with Gasteiger partial charge in [-0.15, -0.1) is 0 Å². The van der Waals surface area contributed by atoms with Gasteiger partial charge in [0.05, 0.1) is 25.7 Å². The van der Waals surface area contributed by atoms with E-state index < -0.39 is 64.2 Å². The van der Waals surface area contributed by atoms with Crippen LogP contribution in [0.3, 0.4) is 0 Å². The van der Waals surface area contributed by atoms with Crippen LogP contribution in [0.5, 0.6) is 11.5 Å². The quantitative estimate of drug-likeness (QED) is 0.120. The topological polar surface area (TPSA) is 176 Å². The highest BCUT2D eigenvalue weighted by Crippen LogP contribution is 2.45. The second-order valence-electron chi connectivity index (χ2n) is 12.3. The lowest BCUT2D eigenvalue weighted by molar-refractivity contribution is -0.174. The number of aromatic amines is 1. The average molecular weight is 731 g/mol. The fraction of sp³-hybridized carbons (Fsp3) is 0.263. The van der Waals surface area contributed by atoms with Crippen LogP contribution >= 0.6 is 0 Å². The molecule has 0 amide bonds. The summed E-state index contributed by atoms with van der Waals surface area (Å²) in [6.07, 6.45) is -4.15. The number of nitrogens with zero attached hydrogens (tertiary/aromatic N) is 1. The predicted octanol–water partition coefficient (Wildman–Crippen LogP) is 3.27. The summed E-state index contributed by atoms with van der Waals surface area (Å²) >= 11 is 0. The number of nitrogens with one attached hydrogen (secondary N) is 1.